The first-order chi connectivity index (χ1) is 16.1. The van der Waals surface area contributed by atoms with E-state index in [0.717, 1.165) is 37.1 Å². The smallest absolute Gasteiger partial charge is 0.338 e. The Bertz CT molecular complexity index is 977. The van der Waals surface area contributed by atoms with Gasteiger partial charge in [0.25, 0.3) is 0 Å². The van der Waals surface area contributed by atoms with Crippen molar-refractivity contribution in [2.45, 2.75) is 44.9 Å². The Balaban J connectivity index is 1.15. The largest absolute Gasteiger partial charge is 0.493 e. The third kappa shape index (κ3) is 4.22. The molecular formula is C27H33NO5. The van der Waals surface area contributed by atoms with E-state index in [1.54, 1.807) is 14.2 Å². The molecule has 0 radical (unpaired) electrons. The number of methoxy groups -OCH3 is 2. The van der Waals surface area contributed by atoms with E-state index in [0.29, 0.717) is 18.1 Å². The second-order valence-corrected chi connectivity index (χ2v) is 9.35. The molecule has 0 amide bonds. The van der Waals surface area contributed by atoms with Crippen molar-refractivity contribution in [2.24, 2.45) is 11.8 Å². The summed E-state index contributed by atoms with van der Waals surface area (Å²) in [5, 5.41) is 0. The van der Waals surface area contributed by atoms with Crippen LogP contribution in [-0.4, -0.2) is 44.8 Å². The van der Waals surface area contributed by atoms with Gasteiger partial charge in [-0.25, -0.2) is 4.79 Å². The van der Waals surface area contributed by atoms with E-state index in [-0.39, 0.29) is 18.2 Å². The minimum absolute atomic E-state index is 0.202. The standard InChI is InChI=1S/C27H33NO5/c1-4-32-27(29)19-7-5-6-18(12-19)16-28-10-8-17(9-11-28)13-22-25-20-14-23(30-2)24(31-3)15-21(20)26(22)33-25/h5-7,12,14-15,17,22,25-26H,4,8-11,13,16H2,1-3H3. The first kappa shape index (κ1) is 22.2. The van der Waals surface area contributed by atoms with Gasteiger partial charge in [-0.3, -0.25) is 4.90 Å². The van der Waals surface area contributed by atoms with Gasteiger partial charge in [-0.2, -0.15) is 0 Å². The van der Waals surface area contributed by atoms with Gasteiger partial charge < -0.3 is 18.9 Å². The summed E-state index contributed by atoms with van der Waals surface area (Å²) in [6.45, 7) is 5.29. The monoisotopic (exact) mass is 451 g/mol. The van der Waals surface area contributed by atoms with Gasteiger partial charge in [0.15, 0.2) is 11.5 Å². The summed E-state index contributed by atoms with van der Waals surface area (Å²) in [6, 6.07) is 12.0. The average molecular weight is 452 g/mol. The summed E-state index contributed by atoms with van der Waals surface area (Å²) in [7, 11) is 3.37. The zero-order valence-corrected chi connectivity index (χ0v) is 19.7. The van der Waals surface area contributed by atoms with Crippen molar-refractivity contribution in [3.8, 4) is 11.5 Å². The lowest BCUT2D eigenvalue weighted by Crippen LogP contribution is -2.36. The van der Waals surface area contributed by atoms with Crippen molar-refractivity contribution in [3.05, 3.63) is 58.7 Å². The average Bonchev–Trinajstić information content (AvgIpc) is 3.35. The summed E-state index contributed by atoms with van der Waals surface area (Å²) in [5.74, 6) is 2.61. The number of fused-ring (bicyclic) bond motifs is 5. The van der Waals surface area contributed by atoms with Crippen LogP contribution in [0.1, 0.15) is 65.4 Å². The lowest BCUT2D eigenvalue weighted by molar-refractivity contribution is -0.175. The molecule has 0 N–H and O–H groups in total. The number of nitrogens with zero attached hydrogens (tertiary/aromatic N) is 1. The predicted molar refractivity (Wildman–Crippen MR) is 125 cm³/mol. The van der Waals surface area contributed by atoms with Crippen LogP contribution in [0.2, 0.25) is 0 Å². The number of carbonyl (C=O) groups excluding carboxylic acids is 1. The quantitative estimate of drug-likeness (QED) is 0.531. The molecule has 6 heteroatoms. The molecule has 2 aromatic carbocycles. The Labute approximate surface area is 195 Å². The van der Waals surface area contributed by atoms with Crippen LogP contribution in [0, 0.1) is 11.8 Å². The SMILES string of the molecule is CCOC(=O)c1cccc(CN2CCC(CC3C4OC3c3cc(OC)c(OC)cc34)CC2)c1. The second kappa shape index (κ2) is 9.35. The number of likely N-dealkylation sites (tertiary alicyclic amines) is 1. The zero-order chi connectivity index (χ0) is 22.9. The van der Waals surface area contributed by atoms with E-state index >= 15 is 0 Å². The zero-order valence-electron chi connectivity index (χ0n) is 19.7. The molecule has 2 saturated heterocycles. The molecule has 2 bridgehead atoms. The van der Waals surface area contributed by atoms with Crippen molar-refractivity contribution in [1.29, 1.82) is 0 Å². The summed E-state index contributed by atoms with van der Waals surface area (Å²) in [4.78, 5) is 14.5. The van der Waals surface area contributed by atoms with Gasteiger partial charge in [0.1, 0.15) is 0 Å². The van der Waals surface area contributed by atoms with Crippen LogP contribution in [0.4, 0.5) is 0 Å². The van der Waals surface area contributed by atoms with E-state index in [9.17, 15) is 4.79 Å². The molecule has 2 unspecified atom stereocenters. The first-order valence-corrected chi connectivity index (χ1v) is 12.0. The summed E-state index contributed by atoms with van der Waals surface area (Å²) in [5.41, 5.74) is 4.36. The van der Waals surface area contributed by atoms with Crippen LogP contribution in [0.3, 0.4) is 0 Å². The summed E-state index contributed by atoms with van der Waals surface area (Å²) in [6.07, 6.45) is 4.02. The van der Waals surface area contributed by atoms with E-state index in [1.165, 1.54) is 36.0 Å². The number of benzene rings is 2. The molecule has 0 aromatic heterocycles. The Hall–Kier alpha value is -2.57. The van der Waals surface area contributed by atoms with Gasteiger partial charge in [0.2, 0.25) is 0 Å². The Kier molecular flexibility index (Phi) is 6.30. The third-order valence-electron chi connectivity index (χ3n) is 7.43. The minimum atomic E-state index is -0.244. The van der Waals surface area contributed by atoms with E-state index < -0.39 is 0 Å². The van der Waals surface area contributed by atoms with Crippen LogP contribution in [0.25, 0.3) is 0 Å². The maximum atomic E-state index is 12.0. The van der Waals surface area contributed by atoms with Crippen LogP contribution in [0.15, 0.2) is 36.4 Å². The van der Waals surface area contributed by atoms with Crippen LogP contribution < -0.4 is 9.47 Å². The van der Waals surface area contributed by atoms with Crippen molar-refractivity contribution in [1.82, 2.24) is 4.90 Å². The molecule has 3 aliphatic rings. The van der Waals surface area contributed by atoms with Crippen molar-refractivity contribution >= 4 is 5.97 Å². The molecule has 2 aromatic rings. The highest BCUT2D eigenvalue weighted by Gasteiger charge is 2.53. The highest BCUT2D eigenvalue weighted by Crippen LogP contribution is 2.63. The maximum absolute atomic E-state index is 12.0. The maximum Gasteiger partial charge on any atom is 0.338 e. The molecule has 2 aliphatic heterocycles. The summed E-state index contributed by atoms with van der Waals surface area (Å²) < 4.78 is 22.3. The number of piperidine rings is 1. The van der Waals surface area contributed by atoms with Gasteiger partial charge >= 0.3 is 5.97 Å². The van der Waals surface area contributed by atoms with Crippen molar-refractivity contribution < 1.29 is 23.7 Å². The molecule has 33 heavy (non-hydrogen) atoms. The van der Waals surface area contributed by atoms with Crippen LogP contribution >= 0.6 is 0 Å². The number of ether oxygens (including phenoxy) is 4. The van der Waals surface area contributed by atoms with Crippen molar-refractivity contribution in [3.63, 3.8) is 0 Å². The molecule has 6 nitrogen and oxygen atoms in total. The number of rotatable bonds is 8. The number of hydrogen-bond donors (Lipinski definition) is 0. The van der Waals surface area contributed by atoms with Gasteiger partial charge in [-0.1, -0.05) is 12.1 Å². The highest BCUT2D eigenvalue weighted by atomic mass is 16.5. The Morgan fingerprint density at radius 2 is 1.70 bits per heavy atom. The summed E-state index contributed by atoms with van der Waals surface area (Å²) >= 11 is 0. The lowest BCUT2D eigenvalue weighted by Gasteiger charge is -2.41. The molecule has 0 spiro atoms. The molecule has 176 valence electrons. The normalized spacial score (nSPS) is 24.2. The minimum Gasteiger partial charge on any atom is -0.493 e. The van der Waals surface area contributed by atoms with Crippen LogP contribution in [-0.2, 0) is 16.0 Å². The first-order valence-electron chi connectivity index (χ1n) is 12.0. The Morgan fingerprint density at radius 1 is 1.03 bits per heavy atom. The van der Waals surface area contributed by atoms with E-state index in [1.807, 2.05) is 25.1 Å². The van der Waals surface area contributed by atoms with E-state index in [4.69, 9.17) is 18.9 Å². The van der Waals surface area contributed by atoms with Gasteiger partial charge in [-0.05, 0) is 86.1 Å². The number of carbonyl (C=O) groups is 1. The topological polar surface area (TPSA) is 57.2 Å². The molecule has 0 saturated carbocycles. The van der Waals surface area contributed by atoms with E-state index in [2.05, 4.69) is 23.1 Å². The fourth-order valence-corrected chi connectivity index (χ4v) is 5.72. The van der Waals surface area contributed by atoms with Gasteiger partial charge in [0.05, 0.1) is 38.6 Å². The molecule has 2 atom stereocenters. The molecule has 2 fully saturated rings. The number of esters is 1. The molecule has 1 aliphatic carbocycles. The molecular weight excluding hydrogens is 418 g/mol. The number of hydrogen-bond acceptors (Lipinski definition) is 6. The molecule has 2 heterocycles. The Morgan fingerprint density at radius 3 is 2.30 bits per heavy atom. The van der Waals surface area contributed by atoms with Crippen LogP contribution in [0.5, 0.6) is 11.5 Å². The fraction of sp³-hybridized carbons (Fsp3) is 0.519. The van der Waals surface area contributed by atoms with Crippen molar-refractivity contribution in [2.75, 3.05) is 33.9 Å². The molecule has 5 rings (SSSR count). The lowest BCUT2D eigenvalue weighted by atomic mass is 9.81. The van der Waals surface area contributed by atoms with Gasteiger partial charge in [0, 0.05) is 12.5 Å². The highest BCUT2D eigenvalue weighted by molar-refractivity contribution is 5.89. The van der Waals surface area contributed by atoms with Gasteiger partial charge in [-0.15, -0.1) is 0 Å². The fourth-order valence-electron chi connectivity index (χ4n) is 5.72. The second-order valence-electron chi connectivity index (χ2n) is 9.35. The predicted octanol–water partition coefficient (Wildman–Crippen LogP) is 4.93. The third-order valence-corrected chi connectivity index (χ3v) is 7.43.